The average molecular weight is 426 g/mol. The predicted octanol–water partition coefficient (Wildman–Crippen LogP) is 3.51. The Labute approximate surface area is 174 Å². The third-order valence-corrected chi connectivity index (χ3v) is 6.49. The second kappa shape index (κ2) is 8.85. The van der Waals surface area contributed by atoms with Crippen LogP contribution in [-0.2, 0) is 27.0 Å². The standard InChI is InChI=1S/C22H29F3N2O3/c23-22(24,25)17-4-1-3-16(13-17)15-27-10-8-21(9-11-27)7-6-18(30-21)14-26-20(28)19-5-2-12-29-19/h1,3-4,13,18-19H,2,5-12,14-15H2,(H,26,28)/t18-,19-/m1/s1. The summed E-state index contributed by atoms with van der Waals surface area (Å²) < 4.78 is 50.5. The molecule has 1 aromatic carbocycles. The number of hydrogen-bond acceptors (Lipinski definition) is 4. The summed E-state index contributed by atoms with van der Waals surface area (Å²) in [7, 11) is 0. The molecule has 1 aromatic rings. The van der Waals surface area contributed by atoms with Gasteiger partial charge in [0.05, 0.1) is 17.3 Å². The number of likely N-dealkylation sites (tertiary alicyclic amines) is 1. The molecule has 0 aromatic heterocycles. The van der Waals surface area contributed by atoms with Gasteiger partial charge in [-0.2, -0.15) is 13.2 Å². The van der Waals surface area contributed by atoms with E-state index in [-0.39, 0.29) is 23.7 Å². The minimum atomic E-state index is -4.31. The smallest absolute Gasteiger partial charge is 0.370 e. The number of carbonyl (C=O) groups is 1. The van der Waals surface area contributed by atoms with E-state index in [2.05, 4.69) is 10.2 Å². The van der Waals surface area contributed by atoms with Crippen molar-refractivity contribution < 1.29 is 27.4 Å². The number of carbonyl (C=O) groups excluding carboxylic acids is 1. The Kier molecular flexibility index (Phi) is 6.36. The summed E-state index contributed by atoms with van der Waals surface area (Å²) >= 11 is 0. The van der Waals surface area contributed by atoms with Crippen molar-refractivity contribution in [2.75, 3.05) is 26.2 Å². The molecule has 1 amide bonds. The fraction of sp³-hybridized carbons (Fsp3) is 0.682. The van der Waals surface area contributed by atoms with Gasteiger partial charge in [-0.1, -0.05) is 18.2 Å². The van der Waals surface area contributed by atoms with Crippen molar-refractivity contribution in [1.29, 1.82) is 0 Å². The molecular formula is C22H29F3N2O3. The summed E-state index contributed by atoms with van der Waals surface area (Å²) in [6.45, 7) is 3.27. The summed E-state index contributed by atoms with van der Waals surface area (Å²) in [4.78, 5) is 14.3. The third-order valence-electron chi connectivity index (χ3n) is 6.49. The molecule has 0 aliphatic carbocycles. The van der Waals surface area contributed by atoms with Crippen LogP contribution < -0.4 is 5.32 Å². The second-order valence-corrected chi connectivity index (χ2v) is 8.68. The Hall–Kier alpha value is -1.64. The number of piperidine rings is 1. The number of rotatable bonds is 5. The van der Waals surface area contributed by atoms with Crippen LogP contribution in [0.2, 0.25) is 0 Å². The lowest BCUT2D eigenvalue weighted by Crippen LogP contribution is -2.45. The fourth-order valence-electron chi connectivity index (χ4n) is 4.74. The van der Waals surface area contributed by atoms with E-state index in [0.717, 1.165) is 57.7 Å². The zero-order valence-electron chi connectivity index (χ0n) is 17.0. The summed E-state index contributed by atoms with van der Waals surface area (Å²) in [5.74, 6) is -0.0482. The van der Waals surface area contributed by atoms with Crippen LogP contribution in [0.1, 0.15) is 49.7 Å². The van der Waals surface area contributed by atoms with E-state index in [9.17, 15) is 18.0 Å². The first kappa shape index (κ1) is 21.6. The molecular weight excluding hydrogens is 397 g/mol. The highest BCUT2D eigenvalue weighted by Gasteiger charge is 2.42. The van der Waals surface area contributed by atoms with E-state index in [1.54, 1.807) is 6.07 Å². The molecule has 0 unspecified atom stereocenters. The first-order valence-electron chi connectivity index (χ1n) is 10.8. The van der Waals surface area contributed by atoms with Gasteiger partial charge in [-0.25, -0.2) is 0 Å². The molecule has 3 fully saturated rings. The normalized spacial score (nSPS) is 26.9. The molecule has 166 valence electrons. The van der Waals surface area contributed by atoms with Crippen LogP contribution in [0.15, 0.2) is 24.3 Å². The zero-order chi connectivity index (χ0) is 21.2. The number of nitrogens with zero attached hydrogens (tertiary/aromatic N) is 1. The zero-order valence-corrected chi connectivity index (χ0v) is 17.0. The number of halogens is 3. The number of ether oxygens (including phenoxy) is 2. The molecule has 0 saturated carbocycles. The third kappa shape index (κ3) is 5.15. The van der Waals surface area contributed by atoms with E-state index in [0.29, 0.717) is 25.3 Å². The highest BCUT2D eigenvalue weighted by molar-refractivity contribution is 5.80. The van der Waals surface area contributed by atoms with Crippen LogP contribution in [0.5, 0.6) is 0 Å². The predicted molar refractivity (Wildman–Crippen MR) is 105 cm³/mol. The van der Waals surface area contributed by atoms with E-state index in [4.69, 9.17) is 9.47 Å². The molecule has 1 spiro atoms. The first-order chi connectivity index (χ1) is 14.3. The Morgan fingerprint density at radius 1 is 1.20 bits per heavy atom. The van der Waals surface area contributed by atoms with Gasteiger partial charge in [-0.05, 0) is 50.2 Å². The van der Waals surface area contributed by atoms with Crippen LogP contribution in [0.3, 0.4) is 0 Å². The van der Waals surface area contributed by atoms with E-state index in [1.807, 2.05) is 0 Å². The second-order valence-electron chi connectivity index (χ2n) is 8.68. The number of benzene rings is 1. The molecule has 5 nitrogen and oxygen atoms in total. The van der Waals surface area contributed by atoms with Crippen LogP contribution in [-0.4, -0.2) is 54.9 Å². The SMILES string of the molecule is O=C(NC[C@H]1CCC2(CCN(Cc3cccc(C(F)(F)F)c3)CC2)O1)[C@H]1CCCO1. The maximum Gasteiger partial charge on any atom is 0.416 e. The van der Waals surface area contributed by atoms with Gasteiger partial charge in [0.25, 0.3) is 0 Å². The summed E-state index contributed by atoms with van der Waals surface area (Å²) in [6.07, 6.45) is 0.703. The van der Waals surface area contributed by atoms with Gasteiger partial charge in [-0.15, -0.1) is 0 Å². The van der Waals surface area contributed by atoms with Crippen molar-refractivity contribution in [3.05, 3.63) is 35.4 Å². The van der Waals surface area contributed by atoms with Crippen molar-refractivity contribution in [2.24, 2.45) is 0 Å². The molecule has 3 saturated heterocycles. The Morgan fingerprint density at radius 2 is 2.00 bits per heavy atom. The van der Waals surface area contributed by atoms with E-state index in [1.165, 1.54) is 12.1 Å². The molecule has 1 N–H and O–H groups in total. The fourth-order valence-corrected chi connectivity index (χ4v) is 4.74. The maximum absolute atomic E-state index is 12.9. The topological polar surface area (TPSA) is 50.8 Å². The van der Waals surface area contributed by atoms with Gasteiger partial charge in [-0.3, -0.25) is 9.69 Å². The largest absolute Gasteiger partial charge is 0.416 e. The number of amides is 1. The molecule has 0 radical (unpaired) electrons. The Balaban J connectivity index is 1.23. The number of hydrogen-bond donors (Lipinski definition) is 1. The lowest BCUT2D eigenvalue weighted by molar-refractivity contribution is -0.137. The first-order valence-corrected chi connectivity index (χ1v) is 10.8. The molecule has 8 heteroatoms. The Morgan fingerprint density at radius 3 is 2.70 bits per heavy atom. The maximum atomic E-state index is 12.9. The van der Waals surface area contributed by atoms with Crippen molar-refractivity contribution in [1.82, 2.24) is 10.2 Å². The minimum Gasteiger partial charge on any atom is -0.370 e. The van der Waals surface area contributed by atoms with Crippen LogP contribution in [0, 0.1) is 0 Å². The van der Waals surface area contributed by atoms with Gasteiger partial charge >= 0.3 is 6.18 Å². The molecule has 3 heterocycles. The lowest BCUT2D eigenvalue weighted by atomic mass is 9.88. The van der Waals surface area contributed by atoms with Crippen LogP contribution in [0.25, 0.3) is 0 Å². The molecule has 2 atom stereocenters. The molecule has 3 aliphatic heterocycles. The number of alkyl halides is 3. The van der Waals surface area contributed by atoms with E-state index >= 15 is 0 Å². The lowest BCUT2D eigenvalue weighted by Gasteiger charge is -2.39. The molecule has 4 rings (SSSR count). The monoisotopic (exact) mass is 426 g/mol. The van der Waals surface area contributed by atoms with Crippen LogP contribution >= 0.6 is 0 Å². The van der Waals surface area contributed by atoms with Gasteiger partial charge in [0, 0.05) is 32.8 Å². The van der Waals surface area contributed by atoms with Gasteiger partial charge in [0.15, 0.2) is 0 Å². The summed E-state index contributed by atoms with van der Waals surface area (Å²) in [6, 6.07) is 5.57. The van der Waals surface area contributed by atoms with Crippen LogP contribution in [0.4, 0.5) is 13.2 Å². The van der Waals surface area contributed by atoms with Gasteiger partial charge < -0.3 is 14.8 Å². The van der Waals surface area contributed by atoms with E-state index < -0.39 is 11.7 Å². The minimum absolute atomic E-state index is 0.0189. The van der Waals surface area contributed by atoms with Crippen molar-refractivity contribution >= 4 is 5.91 Å². The highest BCUT2D eigenvalue weighted by atomic mass is 19.4. The van der Waals surface area contributed by atoms with Gasteiger partial charge in [0.1, 0.15) is 6.10 Å². The molecule has 3 aliphatic rings. The molecule has 30 heavy (non-hydrogen) atoms. The van der Waals surface area contributed by atoms with Crippen molar-refractivity contribution in [3.63, 3.8) is 0 Å². The number of nitrogens with one attached hydrogen (secondary N) is 1. The Bertz CT molecular complexity index is 741. The van der Waals surface area contributed by atoms with Crippen molar-refractivity contribution in [2.45, 2.75) is 69.1 Å². The quantitative estimate of drug-likeness (QED) is 0.783. The average Bonchev–Trinajstić information content (AvgIpc) is 3.39. The summed E-state index contributed by atoms with van der Waals surface area (Å²) in [5, 5.41) is 2.96. The molecule has 0 bridgehead atoms. The van der Waals surface area contributed by atoms with Crippen molar-refractivity contribution in [3.8, 4) is 0 Å². The van der Waals surface area contributed by atoms with Gasteiger partial charge in [0.2, 0.25) is 5.91 Å². The summed E-state index contributed by atoms with van der Waals surface area (Å²) in [5.41, 5.74) is -0.0767. The highest BCUT2D eigenvalue weighted by Crippen LogP contribution is 2.39.